The molecule has 3 heteroatoms. The number of fused-ring (bicyclic) bond motifs is 7. The average Bonchev–Trinajstić information content (AvgIpc) is 3.65. The van der Waals surface area contributed by atoms with Gasteiger partial charge in [0.15, 0.2) is 0 Å². The van der Waals surface area contributed by atoms with Gasteiger partial charge >= 0.3 is 0 Å². The Hall–Kier alpha value is -5.51. The largest absolute Gasteiger partial charge is 0.309 e. The highest BCUT2D eigenvalue weighted by Crippen LogP contribution is 2.45. The molecule has 206 valence electrons. The topological polar surface area (TPSA) is 17.8 Å². The highest BCUT2D eigenvalue weighted by atomic mass is 32.1. The van der Waals surface area contributed by atoms with E-state index >= 15 is 0 Å². The minimum atomic E-state index is 0.968. The molecule has 0 saturated heterocycles. The van der Waals surface area contributed by atoms with Gasteiger partial charge in [-0.2, -0.15) is 0 Å². The maximum absolute atomic E-state index is 4.78. The van der Waals surface area contributed by atoms with Crippen molar-refractivity contribution in [3.05, 3.63) is 158 Å². The van der Waals surface area contributed by atoms with Crippen molar-refractivity contribution in [3.8, 4) is 39.2 Å². The molecule has 0 N–H and O–H groups in total. The van der Waals surface area contributed by atoms with Crippen LogP contribution in [0.2, 0.25) is 0 Å². The van der Waals surface area contributed by atoms with E-state index in [1.54, 1.807) is 0 Å². The Morgan fingerprint density at radius 2 is 1.23 bits per heavy atom. The first-order valence-corrected chi connectivity index (χ1v) is 15.7. The minimum absolute atomic E-state index is 0.968. The third-order valence-electron chi connectivity index (χ3n) is 8.65. The van der Waals surface area contributed by atoms with Gasteiger partial charge in [0.05, 0.1) is 16.7 Å². The van der Waals surface area contributed by atoms with Gasteiger partial charge in [-0.3, -0.25) is 4.98 Å². The number of rotatable bonds is 4. The zero-order chi connectivity index (χ0) is 29.0. The number of aromatic nitrogens is 2. The van der Waals surface area contributed by atoms with E-state index < -0.39 is 0 Å². The second-order valence-electron chi connectivity index (χ2n) is 11.2. The molecule has 9 rings (SSSR count). The van der Waals surface area contributed by atoms with Crippen LogP contribution in [-0.4, -0.2) is 9.55 Å². The lowest BCUT2D eigenvalue weighted by Gasteiger charge is -2.13. The Kier molecular flexibility index (Phi) is 5.71. The van der Waals surface area contributed by atoms with Crippen molar-refractivity contribution >= 4 is 53.3 Å². The molecule has 0 saturated carbocycles. The molecular weight excluding hydrogens is 553 g/mol. The summed E-state index contributed by atoms with van der Waals surface area (Å²) in [5.41, 5.74) is 10.4. The number of pyridine rings is 1. The number of hydrogen-bond donors (Lipinski definition) is 0. The lowest BCUT2D eigenvalue weighted by atomic mass is 9.98. The van der Waals surface area contributed by atoms with Crippen molar-refractivity contribution in [1.29, 1.82) is 0 Å². The fraction of sp³-hybridized carbons (Fsp3) is 0. The smallest absolute Gasteiger partial charge is 0.0708 e. The fourth-order valence-electron chi connectivity index (χ4n) is 6.65. The summed E-state index contributed by atoms with van der Waals surface area (Å²) in [5.74, 6) is 0. The van der Waals surface area contributed by atoms with Crippen LogP contribution < -0.4 is 0 Å². The molecule has 3 heterocycles. The molecule has 0 aliphatic heterocycles. The molecule has 0 aliphatic carbocycles. The average molecular weight is 579 g/mol. The highest BCUT2D eigenvalue weighted by molar-refractivity contribution is 7.26. The Morgan fingerprint density at radius 1 is 0.500 bits per heavy atom. The third kappa shape index (κ3) is 3.90. The van der Waals surface area contributed by atoms with Crippen LogP contribution in [0.5, 0.6) is 0 Å². The van der Waals surface area contributed by atoms with Crippen molar-refractivity contribution in [2.45, 2.75) is 0 Å². The standard InChI is InChI=1S/C41H26N2S/c1-3-11-27(12-4-1)28-23-24-42-36(26-28)30-14-9-13-29(25-30)32-18-10-19-35-39-37(43(40(32)35)31-15-5-2-6-16-31)22-21-34-33-17-7-8-20-38(33)44-41(34)39/h1-26H. The molecule has 3 aromatic heterocycles. The van der Waals surface area contributed by atoms with Crippen molar-refractivity contribution in [3.63, 3.8) is 0 Å². The first-order chi connectivity index (χ1) is 21.8. The fourth-order valence-corrected chi connectivity index (χ4v) is 7.91. The van der Waals surface area contributed by atoms with Crippen molar-refractivity contribution < 1.29 is 0 Å². The van der Waals surface area contributed by atoms with Crippen LogP contribution in [-0.2, 0) is 0 Å². The molecular formula is C41H26N2S. The SMILES string of the molecule is c1ccc(-c2ccnc(-c3cccc(-c4cccc5c6c7sc8ccccc8c7ccc6n(-c6ccccc6)c45)c3)c2)cc1. The number of nitrogens with zero attached hydrogens (tertiary/aromatic N) is 2. The molecule has 9 aromatic rings. The van der Waals surface area contributed by atoms with Gasteiger partial charge in [-0.25, -0.2) is 0 Å². The number of benzene rings is 6. The van der Waals surface area contributed by atoms with Gasteiger partial charge in [-0.15, -0.1) is 11.3 Å². The van der Waals surface area contributed by atoms with E-state index in [9.17, 15) is 0 Å². The van der Waals surface area contributed by atoms with Gasteiger partial charge in [-0.05, 0) is 59.2 Å². The van der Waals surface area contributed by atoms with Crippen LogP contribution in [0, 0.1) is 0 Å². The van der Waals surface area contributed by atoms with Gasteiger partial charge in [0.1, 0.15) is 0 Å². The molecule has 44 heavy (non-hydrogen) atoms. The number of hydrogen-bond acceptors (Lipinski definition) is 2. The van der Waals surface area contributed by atoms with Crippen LogP contribution in [0.15, 0.2) is 158 Å². The lowest BCUT2D eigenvalue weighted by molar-refractivity contribution is 1.18. The molecule has 0 aliphatic rings. The maximum atomic E-state index is 4.78. The molecule has 0 radical (unpaired) electrons. The van der Waals surface area contributed by atoms with Crippen LogP contribution in [0.3, 0.4) is 0 Å². The molecule has 6 aromatic carbocycles. The molecule has 0 fully saturated rings. The third-order valence-corrected chi connectivity index (χ3v) is 9.85. The molecule has 2 nitrogen and oxygen atoms in total. The van der Waals surface area contributed by atoms with Gasteiger partial charge in [0, 0.05) is 54.0 Å². The highest BCUT2D eigenvalue weighted by Gasteiger charge is 2.20. The van der Waals surface area contributed by atoms with Gasteiger partial charge in [0.2, 0.25) is 0 Å². The first kappa shape index (κ1) is 25.0. The van der Waals surface area contributed by atoms with Crippen LogP contribution in [0.1, 0.15) is 0 Å². The monoisotopic (exact) mass is 578 g/mol. The molecule has 0 bridgehead atoms. The Labute approximate surface area is 259 Å². The van der Waals surface area contributed by atoms with Crippen molar-refractivity contribution in [2.75, 3.05) is 0 Å². The molecule has 0 amide bonds. The first-order valence-electron chi connectivity index (χ1n) is 14.9. The second kappa shape index (κ2) is 10.0. The van der Waals surface area contributed by atoms with Crippen LogP contribution in [0.25, 0.3) is 81.2 Å². The Bertz CT molecular complexity index is 2490. The minimum Gasteiger partial charge on any atom is -0.309 e. The van der Waals surface area contributed by atoms with Crippen LogP contribution in [0.4, 0.5) is 0 Å². The van der Waals surface area contributed by atoms with E-state index in [0.29, 0.717) is 0 Å². The predicted molar refractivity (Wildman–Crippen MR) is 188 cm³/mol. The quantitative estimate of drug-likeness (QED) is 0.203. The van der Waals surface area contributed by atoms with Crippen molar-refractivity contribution in [1.82, 2.24) is 9.55 Å². The molecule has 0 unspecified atom stereocenters. The summed E-state index contributed by atoms with van der Waals surface area (Å²) in [6, 6.07) is 54.5. The zero-order valence-corrected chi connectivity index (χ0v) is 24.6. The molecule has 0 spiro atoms. The van der Waals surface area contributed by atoms with Gasteiger partial charge in [-0.1, -0.05) is 109 Å². The summed E-state index contributed by atoms with van der Waals surface area (Å²) >= 11 is 1.89. The van der Waals surface area contributed by atoms with Crippen LogP contribution >= 0.6 is 11.3 Å². The van der Waals surface area contributed by atoms with E-state index in [4.69, 9.17) is 4.98 Å². The van der Waals surface area contributed by atoms with E-state index in [1.165, 1.54) is 64.2 Å². The summed E-state index contributed by atoms with van der Waals surface area (Å²) in [6.45, 7) is 0. The number of para-hydroxylation sites is 2. The summed E-state index contributed by atoms with van der Waals surface area (Å²) in [6.07, 6.45) is 1.91. The van der Waals surface area contributed by atoms with Crippen molar-refractivity contribution in [2.24, 2.45) is 0 Å². The zero-order valence-electron chi connectivity index (χ0n) is 23.8. The summed E-state index contributed by atoms with van der Waals surface area (Å²) in [4.78, 5) is 4.78. The van der Waals surface area contributed by atoms with E-state index in [1.807, 2.05) is 17.5 Å². The van der Waals surface area contributed by atoms with Gasteiger partial charge < -0.3 is 4.57 Å². The normalized spacial score (nSPS) is 11.6. The maximum Gasteiger partial charge on any atom is 0.0708 e. The summed E-state index contributed by atoms with van der Waals surface area (Å²) in [5, 5.41) is 5.23. The lowest BCUT2D eigenvalue weighted by Crippen LogP contribution is -1.95. The Morgan fingerprint density at radius 3 is 2.11 bits per heavy atom. The summed E-state index contributed by atoms with van der Waals surface area (Å²) < 4.78 is 5.12. The predicted octanol–water partition coefficient (Wildman–Crippen LogP) is 11.5. The summed E-state index contributed by atoms with van der Waals surface area (Å²) in [7, 11) is 0. The number of thiophene rings is 1. The second-order valence-corrected chi connectivity index (χ2v) is 12.2. The van der Waals surface area contributed by atoms with E-state index in [-0.39, 0.29) is 0 Å². The Balaban J connectivity index is 1.31. The molecule has 0 atom stereocenters. The van der Waals surface area contributed by atoms with E-state index in [0.717, 1.165) is 16.9 Å². The van der Waals surface area contributed by atoms with Gasteiger partial charge in [0.25, 0.3) is 0 Å². The van der Waals surface area contributed by atoms with E-state index in [2.05, 4.69) is 156 Å².